The Kier molecular flexibility index (Phi) is 3.98. The molecule has 5 heteroatoms. The van der Waals surface area contributed by atoms with E-state index in [0.717, 1.165) is 17.2 Å². The predicted molar refractivity (Wildman–Crippen MR) is 86.9 cm³/mol. The molecule has 5 nitrogen and oxygen atoms in total. The van der Waals surface area contributed by atoms with E-state index in [9.17, 15) is 4.79 Å². The first-order chi connectivity index (χ1) is 10.7. The number of rotatable bonds is 4. The number of hydrogen-bond acceptors (Lipinski definition) is 4. The van der Waals surface area contributed by atoms with Gasteiger partial charge in [-0.15, -0.1) is 0 Å². The third kappa shape index (κ3) is 3.04. The van der Waals surface area contributed by atoms with Crippen LogP contribution in [0.15, 0.2) is 48.5 Å². The van der Waals surface area contributed by atoms with Crippen molar-refractivity contribution in [1.29, 1.82) is 0 Å². The number of carbonyl (C=O) groups is 1. The molecule has 1 aliphatic rings. The third-order valence-electron chi connectivity index (χ3n) is 3.80. The maximum Gasteiger partial charge on any atom is 0.227 e. The molecule has 114 valence electrons. The van der Waals surface area contributed by atoms with Gasteiger partial charge in [0.05, 0.1) is 0 Å². The van der Waals surface area contributed by atoms with Gasteiger partial charge in [0.2, 0.25) is 5.91 Å². The van der Waals surface area contributed by atoms with Crippen LogP contribution in [0, 0.1) is 5.92 Å². The van der Waals surface area contributed by atoms with E-state index in [-0.39, 0.29) is 11.8 Å². The van der Waals surface area contributed by atoms with Crippen LogP contribution in [0.4, 0.5) is 11.4 Å². The molecule has 0 bridgehead atoms. The number of ether oxygens (including phenoxy) is 1. The monoisotopic (exact) mass is 297 g/mol. The molecule has 2 aromatic rings. The van der Waals surface area contributed by atoms with Gasteiger partial charge in [-0.2, -0.15) is 0 Å². The molecular weight excluding hydrogens is 278 g/mol. The fourth-order valence-electron chi connectivity index (χ4n) is 2.56. The molecule has 0 radical (unpaired) electrons. The van der Waals surface area contributed by atoms with E-state index in [1.165, 1.54) is 0 Å². The number of nitrogen functional groups attached to an aromatic ring is 1. The fraction of sp³-hybridized carbons (Fsp3) is 0.235. The molecule has 1 heterocycles. The van der Waals surface area contributed by atoms with Gasteiger partial charge in [0, 0.05) is 24.3 Å². The molecule has 2 aromatic carbocycles. The maximum absolute atomic E-state index is 12.0. The van der Waals surface area contributed by atoms with Crippen molar-refractivity contribution in [2.24, 2.45) is 11.7 Å². The van der Waals surface area contributed by atoms with Gasteiger partial charge in [0.25, 0.3) is 0 Å². The molecule has 0 aromatic heterocycles. The number of benzene rings is 2. The smallest absolute Gasteiger partial charge is 0.227 e. The van der Waals surface area contributed by atoms with Gasteiger partial charge in [-0.3, -0.25) is 4.79 Å². The first-order valence-electron chi connectivity index (χ1n) is 7.29. The van der Waals surface area contributed by atoms with Crippen molar-refractivity contribution in [2.75, 3.05) is 23.7 Å². The molecule has 0 spiro atoms. The van der Waals surface area contributed by atoms with Crippen molar-refractivity contribution in [3.63, 3.8) is 0 Å². The van der Waals surface area contributed by atoms with Crippen molar-refractivity contribution < 1.29 is 9.53 Å². The number of hydrogen-bond donors (Lipinski definition) is 2. The molecule has 0 saturated carbocycles. The van der Waals surface area contributed by atoms with Gasteiger partial charge in [0.1, 0.15) is 11.5 Å². The highest BCUT2D eigenvalue weighted by Gasteiger charge is 2.29. The van der Waals surface area contributed by atoms with Crippen molar-refractivity contribution in [1.82, 2.24) is 0 Å². The minimum absolute atomic E-state index is 0.127. The van der Waals surface area contributed by atoms with Gasteiger partial charge < -0.3 is 21.1 Å². The first kappa shape index (κ1) is 14.4. The van der Waals surface area contributed by atoms with Gasteiger partial charge in [-0.05, 0) is 61.0 Å². The van der Waals surface area contributed by atoms with Crippen LogP contribution < -0.4 is 21.1 Å². The molecular formula is C17H19N3O2. The third-order valence-corrected chi connectivity index (χ3v) is 3.80. The molecule has 1 unspecified atom stereocenters. The van der Waals surface area contributed by atoms with Crippen LogP contribution in [0.25, 0.3) is 0 Å². The summed E-state index contributed by atoms with van der Waals surface area (Å²) >= 11 is 0. The van der Waals surface area contributed by atoms with Gasteiger partial charge in [0.15, 0.2) is 0 Å². The second-order valence-corrected chi connectivity index (χ2v) is 5.48. The number of carbonyl (C=O) groups excluding carboxylic acids is 1. The van der Waals surface area contributed by atoms with E-state index >= 15 is 0 Å². The summed E-state index contributed by atoms with van der Waals surface area (Å²) in [5.74, 6) is 1.82. The zero-order valence-electron chi connectivity index (χ0n) is 12.2. The van der Waals surface area contributed by atoms with Crippen molar-refractivity contribution >= 4 is 17.3 Å². The van der Waals surface area contributed by atoms with Gasteiger partial charge in [-0.1, -0.05) is 0 Å². The maximum atomic E-state index is 12.0. The van der Waals surface area contributed by atoms with Crippen LogP contribution in [-0.4, -0.2) is 19.0 Å². The normalized spacial score (nSPS) is 17.8. The van der Waals surface area contributed by atoms with Crippen LogP contribution in [0.3, 0.4) is 0 Å². The summed E-state index contributed by atoms with van der Waals surface area (Å²) in [6.45, 7) is 1.23. The number of amides is 1. The Bertz CT molecular complexity index is 653. The quantitative estimate of drug-likeness (QED) is 0.849. The Labute approximate surface area is 129 Å². The van der Waals surface area contributed by atoms with E-state index in [1.54, 1.807) is 17.0 Å². The highest BCUT2D eigenvalue weighted by atomic mass is 16.5. The molecule has 1 aliphatic heterocycles. The van der Waals surface area contributed by atoms with E-state index in [1.807, 2.05) is 36.4 Å². The SMILES string of the molecule is NCC1CC(=O)N(c2ccc(Oc3ccc(N)cc3)cc2)C1. The first-order valence-corrected chi connectivity index (χ1v) is 7.29. The molecule has 1 amide bonds. The lowest BCUT2D eigenvalue weighted by atomic mass is 10.1. The molecule has 4 N–H and O–H groups in total. The van der Waals surface area contributed by atoms with Crippen LogP contribution in [-0.2, 0) is 4.79 Å². The lowest BCUT2D eigenvalue weighted by molar-refractivity contribution is -0.117. The van der Waals surface area contributed by atoms with E-state index in [0.29, 0.717) is 25.2 Å². The molecule has 0 aliphatic carbocycles. The second kappa shape index (κ2) is 6.07. The van der Waals surface area contributed by atoms with Crippen LogP contribution >= 0.6 is 0 Å². The summed E-state index contributed by atoms with van der Waals surface area (Å²) in [5.41, 5.74) is 12.9. The summed E-state index contributed by atoms with van der Waals surface area (Å²) in [6, 6.07) is 14.7. The zero-order valence-corrected chi connectivity index (χ0v) is 12.2. The minimum atomic E-state index is 0.127. The number of anilines is 2. The van der Waals surface area contributed by atoms with E-state index in [2.05, 4.69) is 0 Å². The van der Waals surface area contributed by atoms with E-state index < -0.39 is 0 Å². The highest BCUT2D eigenvalue weighted by molar-refractivity contribution is 5.95. The summed E-state index contributed by atoms with van der Waals surface area (Å²) in [5, 5.41) is 0. The summed E-state index contributed by atoms with van der Waals surface area (Å²) in [4.78, 5) is 13.8. The molecule has 1 saturated heterocycles. The largest absolute Gasteiger partial charge is 0.457 e. The topological polar surface area (TPSA) is 81.6 Å². The molecule has 1 atom stereocenters. The van der Waals surface area contributed by atoms with Gasteiger partial charge in [-0.25, -0.2) is 0 Å². The Morgan fingerprint density at radius 1 is 1.05 bits per heavy atom. The Hall–Kier alpha value is -2.53. The lowest BCUT2D eigenvalue weighted by Crippen LogP contribution is -2.25. The summed E-state index contributed by atoms with van der Waals surface area (Å²) in [6.07, 6.45) is 0.528. The van der Waals surface area contributed by atoms with Crippen LogP contribution in [0.2, 0.25) is 0 Å². The average molecular weight is 297 g/mol. The lowest BCUT2D eigenvalue weighted by Gasteiger charge is -2.17. The summed E-state index contributed by atoms with van der Waals surface area (Å²) in [7, 11) is 0. The Morgan fingerprint density at radius 2 is 1.64 bits per heavy atom. The van der Waals surface area contributed by atoms with Crippen LogP contribution in [0.1, 0.15) is 6.42 Å². The fourth-order valence-corrected chi connectivity index (χ4v) is 2.56. The Morgan fingerprint density at radius 3 is 2.18 bits per heavy atom. The van der Waals surface area contributed by atoms with Crippen LogP contribution in [0.5, 0.6) is 11.5 Å². The van der Waals surface area contributed by atoms with Gasteiger partial charge >= 0.3 is 0 Å². The summed E-state index contributed by atoms with van der Waals surface area (Å²) < 4.78 is 5.74. The van der Waals surface area contributed by atoms with Crippen molar-refractivity contribution in [2.45, 2.75) is 6.42 Å². The van der Waals surface area contributed by atoms with Crippen molar-refractivity contribution in [3.05, 3.63) is 48.5 Å². The highest BCUT2D eigenvalue weighted by Crippen LogP contribution is 2.28. The molecule has 3 rings (SSSR count). The number of nitrogens with zero attached hydrogens (tertiary/aromatic N) is 1. The molecule has 22 heavy (non-hydrogen) atoms. The molecule has 1 fully saturated rings. The number of nitrogens with two attached hydrogens (primary N) is 2. The average Bonchev–Trinajstić information content (AvgIpc) is 2.91. The van der Waals surface area contributed by atoms with Crippen molar-refractivity contribution in [3.8, 4) is 11.5 Å². The second-order valence-electron chi connectivity index (χ2n) is 5.48. The zero-order chi connectivity index (χ0) is 15.5. The van der Waals surface area contributed by atoms with E-state index in [4.69, 9.17) is 16.2 Å². The predicted octanol–water partition coefficient (Wildman–Crippen LogP) is 2.37. The minimum Gasteiger partial charge on any atom is -0.457 e. The Balaban J connectivity index is 1.70. The standard InChI is InChI=1S/C17H19N3O2/c18-10-12-9-17(21)20(11-12)14-3-7-16(8-4-14)22-15-5-1-13(19)2-6-15/h1-8,12H,9-11,18-19H2.